The first-order valence-electron chi connectivity index (χ1n) is 5.49. The van der Waals surface area contributed by atoms with Crippen LogP contribution >= 0.6 is 0 Å². The summed E-state index contributed by atoms with van der Waals surface area (Å²) < 4.78 is 25.6. The molecule has 0 bridgehead atoms. The number of sulfonamides is 1. The SMILES string of the molecule is CCCCN(C)S(=O)(=O)c1cccc(C#N)c1. The zero-order chi connectivity index (χ0) is 12.9. The topological polar surface area (TPSA) is 61.2 Å². The minimum Gasteiger partial charge on any atom is -0.207 e. The molecule has 0 heterocycles. The van der Waals surface area contributed by atoms with E-state index in [0.29, 0.717) is 12.1 Å². The van der Waals surface area contributed by atoms with Gasteiger partial charge in [-0.05, 0) is 24.6 Å². The predicted octanol–water partition coefficient (Wildman–Crippen LogP) is 1.98. The normalized spacial score (nSPS) is 11.4. The number of hydrogen-bond donors (Lipinski definition) is 0. The van der Waals surface area contributed by atoms with Crippen LogP contribution in [0.2, 0.25) is 0 Å². The van der Waals surface area contributed by atoms with Crippen molar-refractivity contribution in [3.63, 3.8) is 0 Å². The first kappa shape index (κ1) is 13.7. The summed E-state index contributed by atoms with van der Waals surface area (Å²) in [4.78, 5) is 0.176. The highest BCUT2D eigenvalue weighted by Crippen LogP contribution is 2.15. The van der Waals surface area contributed by atoms with Gasteiger partial charge in [-0.1, -0.05) is 19.4 Å². The molecule has 5 heteroatoms. The highest BCUT2D eigenvalue weighted by Gasteiger charge is 2.20. The fourth-order valence-corrected chi connectivity index (χ4v) is 2.66. The van der Waals surface area contributed by atoms with Gasteiger partial charge < -0.3 is 0 Å². The van der Waals surface area contributed by atoms with E-state index < -0.39 is 10.0 Å². The molecule has 1 aromatic carbocycles. The second-order valence-corrected chi connectivity index (χ2v) is 5.86. The zero-order valence-electron chi connectivity index (χ0n) is 10.0. The molecule has 0 unspecified atom stereocenters. The van der Waals surface area contributed by atoms with Gasteiger partial charge in [0.1, 0.15) is 0 Å². The average molecular weight is 252 g/mol. The summed E-state index contributed by atoms with van der Waals surface area (Å²) in [7, 11) is -1.90. The molecule has 0 N–H and O–H groups in total. The van der Waals surface area contributed by atoms with Crippen LogP contribution in [0.1, 0.15) is 25.3 Å². The maximum absolute atomic E-state index is 12.1. The second kappa shape index (κ2) is 5.80. The molecular weight excluding hydrogens is 236 g/mol. The number of nitrogens with zero attached hydrogens (tertiary/aromatic N) is 2. The van der Waals surface area contributed by atoms with Crippen LogP contribution in [0.4, 0.5) is 0 Å². The lowest BCUT2D eigenvalue weighted by Gasteiger charge is -2.16. The molecule has 17 heavy (non-hydrogen) atoms. The van der Waals surface area contributed by atoms with E-state index in [2.05, 4.69) is 0 Å². The fourth-order valence-electron chi connectivity index (χ4n) is 1.41. The van der Waals surface area contributed by atoms with E-state index in [1.54, 1.807) is 19.2 Å². The monoisotopic (exact) mass is 252 g/mol. The Hall–Kier alpha value is -1.38. The summed E-state index contributed by atoms with van der Waals surface area (Å²) in [5.74, 6) is 0. The Morgan fingerprint density at radius 1 is 1.41 bits per heavy atom. The molecule has 0 aliphatic rings. The Morgan fingerprint density at radius 3 is 2.71 bits per heavy atom. The smallest absolute Gasteiger partial charge is 0.207 e. The quantitative estimate of drug-likeness (QED) is 0.805. The van der Waals surface area contributed by atoms with Crippen molar-refractivity contribution in [3.05, 3.63) is 29.8 Å². The van der Waals surface area contributed by atoms with Gasteiger partial charge >= 0.3 is 0 Å². The Morgan fingerprint density at radius 2 is 2.12 bits per heavy atom. The van der Waals surface area contributed by atoms with E-state index in [4.69, 9.17) is 5.26 Å². The molecule has 0 atom stereocenters. The van der Waals surface area contributed by atoms with Gasteiger partial charge in [0.2, 0.25) is 10.0 Å². The zero-order valence-corrected chi connectivity index (χ0v) is 10.9. The largest absolute Gasteiger partial charge is 0.242 e. The molecule has 1 rings (SSSR count). The van der Waals surface area contributed by atoms with Crippen LogP contribution in [0, 0.1) is 11.3 Å². The van der Waals surface area contributed by atoms with E-state index in [0.717, 1.165) is 12.8 Å². The van der Waals surface area contributed by atoms with Gasteiger partial charge in [-0.3, -0.25) is 0 Å². The van der Waals surface area contributed by atoms with Crippen molar-refractivity contribution in [1.29, 1.82) is 5.26 Å². The van der Waals surface area contributed by atoms with Crippen LogP contribution in [0.5, 0.6) is 0 Å². The Kier molecular flexibility index (Phi) is 4.67. The molecular formula is C12H16N2O2S. The van der Waals surface area contributed by atoms with E-state index in [-0.39, 0.29) is 4.90 Å². The number of hydrogen-bond acceptors (Lipinski definition) is 3. The van der Waals surface area contributed by atoms with Crippen LogP contribution < -0.4 is 0 Å². The van der Waals surface area contributed by atoms with E-state index in [9.17, 15) is 8.42 Å². The van der Waals surface area contributed by atoms with Crippen molar-refractivity contribution in [1.82, 2.24) is 4.31 Å². The summed E-state index contributed by atoms with van der Waals surface area (Å²) in [6, 6.07) is 8.02. The standard InChI is InChI=1S/C12H16N2O2S/c1-3-4-8-14(2)17(15,16)12-7-5-6-11(9-12)10-13/h5-7,9H,3-4,8H2,1-2H3. The van der Waals surface area contributed by atoms with Gasteiger partial charge in [-0.2, -0.15) is 5.26 Å². The maximum atomic E-state index is 12.1. The van der Waals surface area contributed by atoms with Crippen molar-refractivity contribution in [2.45, 2.75) is 24.7 Å². The fraction of sp³-hybridized carbons (Fsp3) is 0.417. The van der Waals surface area contributed by atoms with Crippen LogP contribution in [0.3, 0.4) is 0 Å². The third-order valence-corrected chi connectivity index (χ3v) is 4.35. The Labute approximate surface area is 103 Å². The molecule has 0 saturated heterocycles. The first-order valence-corrected chi connectivity index (χ1v) is 6.93. The summed E-state index contributed by atoms with van der Waals surface area (Å²) in [6.07, 6.45) is 1.77. The van der Waals surface area contributed by atoms with Crippen molar-refractivity contribution in [2.75, 3.05) is 13.6 Å². The third-order valence-electron chi connectivity index (χ3n) is 2.50. The second-order valence-electron chi connectivity index (χ2n) is 3.82. The summed E-state index contributed by atoms with van der Waals surface area (Å²) in [5, 5.41) is 8.75. The van der Waals surface area contributed by atoms with Crippen molar-refractivity contribution in [2.24, 2.45) is 0 Å². The van der Waals surface area contributed by atoms with Gasteiger partial charge in [0, 0.05) is 13.6 Å². The van der Waals surface area contributed by atoms with Gasteiger partial charge in [0.05, 0.1) is 16.5 Å². The highest BCUT2D eigenvalue weighted by atomic mass is 32.2. The molecule has 0 saturated carbocycles. The molecule has 0 aromatic heterocycles. The predicted molar refractivity (Wildman–Crippen MR) is 65.9 cm³/mol. The molecule has 4 nitrogen and oxygen atoms in total. The number of benzene rings is 1. The lowest BCUT2D eigenvalue weighted by atomic mass is 10.2. The maximum Gasteiger partial charge on any atom is 0.242 e. The number of nitriles is 1. The van der Waals surface area contributed by atoms with Crippen LogP contribution in [0.15, 0.2) is 29.2 Å². The molecule has 0 aliphatic carbocycles. The average Bonchev–Trinajstić information content (AvgIpc) is 2.35. The van der Waals surface area contributed by atoms with Gasteiger partial charge in [0.25, 0.3) is 0 Å². The lowest BCUT2D eigenvalue weighted by molar-refractivity contribution is 0.459. The van der Waals surface area contributed by atoms with Crippen molar-refractivity contribution in [3.8, 4) is 6.07 Å². The van der Waals surface area contributed by atoms with Crippen LogP contribution in [-0.4, -0.2) is 26.3 Å². The Bertz CT molecular complexity index is 518. The van der Waals surface area contributed by atoms with Gasteiger partial charge in [-0.25, -0.2) is 12.7 Å². The summed E-state index contributed by atoms with van der Waals surface area (Å²) in [5.41, 5.74) is 0.356. The van der Waals surface area contributed by atoms with E-state index in [1.807, 2.05) is 13.0 Å². The van der Waals surface area contributed by atoms with E-state index >= 15 is 0 Å². The van der Waals surface area contributed by atoms with Crippen LogP contribution in [0.25, 0.3) is 0 Å². The molecule has 0 aliphatic heterocycles. The number of unbranched alkanes of at least 4 members (excludes halogenated alkanes) is 1. The molecule has 0 fully saturated rings. The molecule has 0 spiro atoms. The summed E-state index contributed by atoms with van der Waals surface area (Å²) in [6.45, 7) is 2.51. The lowest BCUT2D eigenvalue weighted by Crippen LogP contribution is -2.27. The summed E-state index contributed by atoms with van der Waals surface area (Å²) >= 11 is 0. The molecule has 92 valence electrons. The highest BCUT2D eigenvalue weighted by molar-refractivity contribution is 7.89. The van der Waals surface area contributed by atoms with Gasteiger partial charge in [-0.15, -0.1) is 0 Å². The Balaban J connectivity index is 3.01. The third kappa shape index (κ3) is 3.29. The van der Waals surface area contributed by atoms with E-state index in [1.165, 1.54) is 16.4 Å². The molecule has 0 radical (unpaired) electrons. The first-order chi connectivity index (χ1) is 8.02. The van der Waals surface area contributed by atoms with Gasteiger partial charge in [0.15, 0.2) is 0 Å². The van der Waals surface area contributed by atoms with Crippen molar-refractivity contribution >= 4 is 10.0 Å². The van der Waals surface area contributed by atoms with Crippen molar-refractivity contribution < 1.29 is 8.42 Å². The minimum absolute atomic E-state index is 0.176. The number of rotatable bonds is 5. The minimum atomic E-state index is -3.46. The van der Waals surface area contributed by atoms with Crippen LogP contribution in [-0.2, 0) is 10.0 Å². The molecule has 1 aromatic rings. The molecule has 0 amide bonds.